The second-order valence-corrected chi connectivity index (χ2v) is 5.56. The summed E-state index contributed by atoms with van der Waals surface area (Å²) in [6.45, 7) is 0. The van der Waals surface area contributed by atoms with Gasteiger partial charge in [-0.15, -0.1) is 0 Å². The predicted octanol–water partition coefficient (Wildman–Crippen LogP) is 3.22. The molecule has 0 atom stereocenters. The summed E-state index contributed by atoms with van der Waals surface area (Å²) in [7, 11) is 0. The first-order valence-electron chi connectivity index (χ1n) is 6.68. The van der Waals surface area contributed by atoms with Crippen LogP contribution in [0.5, 0.6) is 0 Å². The van der Waals surface area contributed by atoms with Gasteiger partial charge in [0.2, 0.25) is 5.76 Å². The minimum absolute atomic E-state index is 1.59. The Labute approximate surface area is 165 Å². The van der Waals surface area contributed by atoms with E-state index in [2.05, 4.69) is 0 Å². The van der Waals surface area contributed by atoms with Crippen LogP contribution in [0.4, 0.5) is 79.0 Å². The lowest BCUT2D eigenvalue weighted by atomic mass is 9.87. The van der Waals surface area contributed by atoms with E-state index in [-0.39, 0.29) is 0 Å². The number of aliphatic carboxylic acids is 1. The van der Waals surface area contributed by atoms with Crippen molar-refractivity contribution in [3.8, 4) is 0 Å². The third kappa shape index (κ3) is 3.68. The lowest BCUT2D eigenvalue weighted by Crippen LogP contribution is -2.76. The summed E-state index contributed by atoms with van der Waals surface area (Å²) < 4.78 is 234. The van der Waals surface area contributed by atoms with Crippen molar-refractivity contribution in [1.29, 1.82) is 0 Å². The van der Waals surface area contributed by atoms with Gasteiger partial charge < -0.3 is 20.0 Å². The Kier molecular flexibility index (Phi) is 7.34. The van der Waals surface area contributed by atoms with Gasteiger partial charge in [-0.05, 0) is 0 Å². The molecule has 0 radical (unpaired) electrons. The third-order valence-electron chi connectivity index (χ3n) is 3.56. The van der Waals surface area contributed by atoms with Crippen LogP contribution in [-0.2, 0) is 9.68 Å². The predicted molar refractivity (Wildman–Crippen MR) is 54.9 cm³/mol. The Hall–Kier alpha value is -2.29. The van der Waals surface area contributed by atoms with Crippen molar-refractivity contribution in [2.75, 3.05) is 0 Å². The first-order valence-corrected chi connectivity index (χ1v) is 6.68. The summed E-state index contributed by atoms with van der Waals surface area (Å²) in [6.07, 6.45) is -4.48. The maximum absolute atomic E-state index is 13.3. The molecule has 0 saturated heterocycles. The Bertz CT molecular complexity index is 795. The zero-order valence-electron chi connectivity index (χ0n) is 13.9. The number of carboxylic acids is 1. The molecule has 0 saturated carbocycles. The number of halogens is 18. The van der Waals surface area contributed by atoms with Crippen molar-refractivity contribution in [1.82, 2.24) is 0 Å². The van der Waals surface area contributed by atoms with Crippen LogP contribution in [0.2, 0.25) is 0 Å². The number of hydrogen-bond acceptors (Lipinski definition) is 4. The molecule has 196 valence electrons. The molecular weight excluding hydrogens is 538 g/mol. The minimum Gasteiger partial charge on any atom is -0.664 e. The van der Waals surface area contributed by atoms with Gasteiger partial charge >= 0.3 is 53.5 Å². The highest BCUT2D eigenvalue weighted by Gasteiger charge is 2.95. The molecule has 33 heavy (non-hydrogen) atoms. The molecule has 0 aliphatic carbocycles. The number of alkyl halides is 16. The Morgan fingerprint density at radius 1 is 0.515 bits per heavy atom. The van der Waals surface area contributed by atoms with Crippen molar-refractivity contribution < 1.29 is 99.1 Å². The van der Waals surface area contributed by atoms with Crippen LogP contribution in [0.3, 0.4) is 0 Å². The summed E-state index contributed by atoms with van der Waals surface area (Å²) >= 11 is 0. The van der Waals surface area contributed by atoms with Crippen molar-refractivity contribution in [3.05, 3.63) is 11.8 Å². The molecule has 0 spiro atoms. The Morgan fingerprint density at radius 2 is 0.758 bits per heavy atom. The summed E-state index contributed by atoms with van der Waals surface area (Å²) in [5.41, 5.74) is 0. The van der Waals surface area contributed by atoms with Crippen LogP contribution >= 0.6 is 0 Å². The molecule has 22 heteroatoms. The Balaban J connectivity index is 7.06. The largest absolute Gasteiger partial charge is 0.664 e. The Morgan fingerprint density at radius 3 is 0.970 bits per heavy atom. The number of allylic oxidation sites excluding steroid dienone is 1. The summed E-state index contributed by atoms with van der Waals surface area (Å²) in [6, 6.07) is 0. The highest BCUT2D eigenvalue weighted by molar-refractivity contribution is 5.75. The summed E-state index contributed by atoms with van der Waals surface area (Å²) in [5.74, 6) is -77.0. The lowest BCUT2D eigenvalue weighted by molar-refractivity contribution is -0.678. The van der Waals surface area contributed by atoms with Gasteiger partial charge in [-0.3, -0.25) is 0 Å². The van der Waals surface area contributed by atoms with Gasteiger partial charge in [-0.1, -0.05) is 0 Å². The molecular formula is C11F18O4-2. The second-order valence-electron chi connectivity index (χ2n) is 5.56. The molecule has 0 amide bonds. The van der Waals surface area contributed by atoms with Crippen molar-refractivity contribution in [2.24, 2.45) is 0 Å². The topological polar surface area (TPSA) is 72.4 Å². The third-order valence-corrected chi connectivity index (χ3v) is 3.56. The van der Waals surface area contributed by atoms with E-state index in [1.54, 1.807) is 4.89 Å². The van der Waals surface area contributed by atoms with Crippen molar-refractivity contribution in [2.45, 2.75) is 47.4 Å². The smallest absolute Gasteiger partial charge is 0.386 e. The highest BCUT2D eigenvalue weighted by Crippen LogP contribution is 2.64. The van der Waals surface area contributed by atoms with Crippen molar-refractivity contribution >= 4 is 5.97 Å². The molecule has 0 N–H and O–H groups in total. The molecule has 4 nitrogen and oxygen atoms in total. The molecule has 0 bridgehead atoms. The fourth-order valence-corrected chi connectivity index (χ4v) is 1.66. The molecule has 0 unspecified atom stereocenters. The van der Waals surface area contributed by atoms with Crippen LogP contribution in [0.1, 0.15) is 0 Å². The molecule has 0 aliphatic heterocycles. The van der Waals surface area contributed by atoms with E-state index in [1.165, 1.54) is 0 Å². The summed E-state index contributed by atoms with van der Waals surface area (Å²) in [4.78, 5) is 11.4. The average molecular weight is 538 g/mol. The molecule has 0 fully saturated rings. The fourth-order valence-electron chi connectivity index (χ4n) is 1.66. The number of carbonyl (C=O) groups excluding carboxylic acids is 1. The summed E-state index contributed by atoms with van der Waals surface area (Å²) in [5, 5.41) is 19.4. The zero-order valence-corrected chi connectivity index (χ0v) is 13.9. The van der Waals surface area contributed by atoms with Gasteiger partial charge in [0.05, 0.1) is 0 Å². The fraction of sp³-hybridized carbons (Fsp3) is 0.727. The number of carbonyl (C=O) groups is 1. The average Bonchev–Trinajstić information content (AvgIpc) is 2.60. The molecule has 0 aromatic rings. The van der Waals surface area contributed by atoms with Crippen LogP contribution in [0.25, 0.3) is 0 Å². The van der Waals surface area contributed by atoms with E-state index in [1.807, 2.05) is 0 Å². The van der Waals surface area contributed by atoms with Gasteiger partial charge in [0.25, 0.3) is 0 Å². The van der Waals surface area contributed by atoms with Crippen LogP contribution in [0.15, 0.2) is 11.8 Å². The van der Waals surface area contributed by atoms with E-state index in [0.29, 0.717) is 0 Å². The molecule has 0 rings (SSSR count). The lowest BCUT2D eigenvalue weighted by Gasteiger charge is -2.43. The van der Waals surface area contributed by atoms with E-state index >= 15 is 0 Å². The first kappa shape index (κ1) is 30.7. The van der Waals surface area contributed by atoms with Crippen LogP contribution < -0.4 is 10.4 Å². The standard InChI is InChI=1S/C11H2F18O4/c12-2(13)1(33-32)4(14,15)6(18,19)8(22,23)10(26,27)11(28,29)9(24,25)7(20,21)5(16,17)3(30)31/h32H,(H,30,31)/p-2. The van der Waals surface area contributed by atoms with E-state index in [4.69, 9.17) is 0 Å². The molecule has 0 aliphatic rings. The van der Waals surface area contributed by atoms with Crippen molar-refractivity contribution in [3.63, 3.8) is 0 Å². The maximum atomic E-state index is 13.3. The highest BCUT2D eigenvalue weighted by atomic mass is 19.4. The van der Waals surface area contributed by atoms with Gasteiger partial charge in [0.15, 0.2) is 0 Å². The second kappa shape index (κ2) is 7.89. The first-order chi connectivity index (χ1) is 14.1. The SMILES string of the molecule is O=C([O-])C(F)(F)C(F)(F)C(F)(F)C(F)(F)C(F)(F)C(F)(F)C(F)(F)C(F)(F)C(O[O-])=C(F)F. The van der Waals surface area contributed by atoms with Gasteiger partial charge in [-0.2, -0.15) is 79.0 Å². The molecule has 0 aromatic heterocycles. The number of carboxylic acid groups (broad SMARTS) is 1. The molecule has 0 heterocycles. The van der Waals surface area contributed by atoms with Crippen LogP contribution in [-0.4, -0.2) is 53.3 Å². The zero-order chi connectivity index (χ0) is 27.4. The van der Waals surface area contributed by atoms with Gasteiger partial charge in [0.1, 0.15) is 5.97 Å². The number of hydrogen-bond donors (Lipinski definition) is 0. The minimum atomic E-state index is -9.00. The number of rotatable bonds is 10. The van der Waals surface area contributed by atoms with Gasteiger partial charge in [0, 0.05) is 0 Å². The van der Waals surface area contributed by atoms with E-state index in [0.717, 1.165) is 0 Å². The normalized spacial score (nSPS) is 15.4. The van der Waals surface area contributed by atoms with Gasteiger partial charge in [-0.25, -0.2) is 0 Å². The monoisotopic (exact) mass is 538 g/mol. The molecule has 0 aromatic carbocycles. The van der Waals surface area contributed by atoms with Crippen LogP contribution in [0, 0.1) is 0 Å². The van der Waals surface area contributed by atoms with E-state index in [9.17, 15) is 94.2 Å². The van der Waals surface area contributed by atoms with E-state index < -0.39 is 65.2 Å². The maximum Gasteiger partial charge on any atom is 0.386 e. The quantitative estimate of drug-likeness (QED) is 0.186.